The van der Waals surface area contributed by atoms with Crippen LogP contribution < -0.4 is 16.4 Å². The lowest BCUT2D eigenvalue weighted by Gasteiger charge is -2.26. The molecule has 0 bridgehead atoms. The van der Waals surface area contributed by atoms with Crippen LogP contribution in [0, 0.1) is 6.92 Å². The van der Waals surface area contributed by atoms with Crippen molar-refractivity contribution in [2.24, 2.45) is 5.73 Å². The molecule has 2 amide bonds. The lowest BCUT2D eigenvalue weighted by atomic mass is 10.1. The molecule has 1 saturated heterocycles. The normalized spacial score (nSPS) is 19.1. The molecule has 2 aliphatic heterocycles. The number of nitrogens with zero attached hydrogens (tertiary/aromatic N) is 3. The molecule has 0 spiro atoms. The Labute approximate surface area is 194 Å². The van der Waals surface area contributed by atoms with Gasteiger partial charge in [-0.1, -0.05) is 18.2 Å². The smallest absolute Gasteiger partial charge is 0.255 e. The zero-order valence-electron chi connectivity index (χ0n) is 19.3. The van der Waals surface area contributed by atoms with E-state index in [0.29, 0.717) is 37.7 Å². The Bertz CT molecular complexity index is 1140. The molecule has 1 fully saturated rings. The lowest BCUT2D eigenvalue weighted by molar-refractivity contribution is -0.126. The maximum atomic E-state index is 13.1. The Hall–Kier alpha value is -3.39. The third-order valence-electron chi connectivity index (χ3n) is 6.17. The van der Waals surface area contributed by atoms with E-state index in [4.69, 9.17) is 10.7 Å². The quantitative estimate of drug-likeness (QED) is 0.610. The van der Waals surface area contributed by atoms with E-state index in [9.17, 15) is 9.59 Å². The van der Waals surface area contributed by atoms with Gasteiger partial charge in [-0.3, -0.25) is 14.9 Å². The molecule has 33 heavy (non-hydrogen) atoms. The number of allylic oxidation sites excluding steroid dienone is 2. The van der Waals surface area contributed by atoms with Gasteiger partial charge in [0.2, 0.25) is 11.9 Å². The molecule has 0 saturated carbocycles. The average Bonchev–Trinajstić information content (AvgIpc) is 2.99. The van der Waals surface area contributed by atoms with E-state index in [-0.39, 0.29) is 17.9 Å². The van der Waals surface area contributed by atoms with Gasteiger partial charge < -0.3 is 20.5 Å². The molecule has 4 rings (SSSR count). The summed E-state index contributed by atoms with van der Waals surface area (Å²) < 4.78 is 2.13. The fourth-order valence-corrected chi connectivity index (χ4v) is 4.59. The fourth-order valence-electron chi connectivity index (χ4n) is 4.59. The minimum Gasteiger partial charge on any atom is -0.386 e. The number of para-hydroxylation sites is 1. The minimum atomic E-state index is -0.170. The highest BCUT2D eigenvalue weighted by Gasteiger charge is 2.27. The second-order valence-electron chi connectivity index (χ2n) is 8.71. The molecule has 0 unspecified atom stereocenters. The van der Waals surface area contributed by atoms with Gasteiger partial charge in [-0.25, -0.2) is 4.98 Å². The Morgan fingerprint density at radius 3 is 2.94 bits per heavy atom. The summed E-state index contributed by atoms with van der Waals surface area (Å²) in [6.45, 7) is 6.08. The van der Waals surface area contributed by atoms with E-state index in [2.05, 4.69) is 28.2 Å². The highest BCUT2D eigenvalue weighted by atomic mass is 16.2. The number of hydrogen-bond acceptors (Lipinski definition) is 5. The van der Waals surface area contributed by atoms with Gasteiger partial charge in [0.15, 0.2) is 0 Å². The number of carbonyl (C=O) groups is 2. The second kappa shape index (κ2) is 10.0. The van der Waals surface area contributed by atoms with E-state index in [0.717, 1.165) is 41.4 Å². The van der Waals surface area contributed by atoms with E-state index < -0.39 is 0 Å². The third kappa shape index (κ3) is 5.01. The minimum absolute atomic E-state index is 0.00391. The molecule has 8 heteroatoms. The van der Waals surface area contributed by atoms with Crippen molar-refractivity contribution in [2.45, 2.75) is 39.2 Å². The third-order valence-corrected chi connectivity index (χ3v) is 6.17. The summed E-state index contributed by atoms with van der Waals surface area (Å²) in [5.74, 6) is 0.325. The lowest BCUT2D eigenvalue weighted by Crippen LogP contribution is -2.35. The van der Waals surface area contributed by atoms with Crippen molar-refractivity contribution in [3.8, 4) is 0 Å². The van der Waals surface area contributed by atoms with Crippen molar-refractivity contribution in [1.82, 2.24) is 19.8 Å². The van der Waals surface area contributed by atoms with Gasteiger partial charge in [0.25, 0.3) is 5.91 Å². The summed E-state index contributed by atoms with van der Waals surface area (Å²) in [7, 11) is 0. The summed E-state index contributed by atoms with van der Waals surface area (Å²) in [5, 5.41) is 6.19. The zero-order chi connectivity index (χ0) is 23.4. The maximum absolute atomic E-state index is 13.1. The monoisotopic (exact) mass is 448 g/mol. The fraction of sp³-hybridized carbons (Fsp3) is 0.400. The van der Waals surface area contributed by atoms with E-state index in [1.807, 2.05) is 36.2 Å². The van der Waals surface area contributed by atoms with Crippen molar-refractivity contribution < 1.29 is 9.59 Å². The summed E-state index contributed by atoms with van der Waals surface area (Å²) in [6, 6.07) is 6.00. The van der Waals surface area contributed by atoms with Crippen LogP contribution in [0.3, 0.4) is 0 Å². The predicted molar refractivity (Wildman–Crippen MR) is 131 cm³/mol. The number of nitrogens with two attached hydrogens (primary N) is 1. The second-order valence-corrected chi connectivity index (χ2v) is 8.71. The Balaban J connectivity index is 1.71. The predicted octanol–water partition coefficient (Wildman–Crippen LogP) is 2.79. The number of carbonyl (C=O) groups excluding carboxylic acids is 2. The van der Waals surface area contributed by atoms with Crippen LogP contribution in [0.15, 0.2) is 53.8 Å². The van der Waals surface area contributed by atoms with Gasteiger partial charge in [0.05, 0.1) is 17.1 Å². The number of hydrogen-bond donors (Lipinski definition) is 3. The molecule has 3 heterocycles. The number of amides is 2. The summed E-state index contributed by atoms with van der Waals surface area (Å²) in [5.41, 5.74) is 10.1. The van der Waals surface area contributed by atoms with Crippen LogP contribution in [-0.2, 0) is 9.59 Å². The molecule has 2 aliphatic rings. The SMILES string of the molecule is CC1=CNCC(C(=O)Nc2nc3cccc(C)c3n2[C@@H]2CCCCN(C(=O)/C=C/CN)C2)=C1. The summed E-state index contributed by atoms with van der Waals surface area (Å²) in [4.78, 5) is 32.5. The molecule has 0 radical (unpaired) electrons. The van der Waals surface area contributed by atoms with Gasteiger partial charge in [-0.15, -0.1) is 0 Å². The molecule has 0 aliphatic carbocycles. The Morgan fingerprint density at radius 2 is 2.15 bits per heavy atom. The number of aryl methyl sites for hydroxylation is 1. The van der Waals surface area contributed by atoms with Gasteiger partial charge in [-0.05, 0) is 62.6 Å². The Kier molecular flexibility index (Phi) is 6.93. The van der Waals surface area contributed by atoms with Crippen molar-refractivity contribution in [3.05, 3.63) is 59.3 Å². The number of nitrogens with one attached hydrogen (secondary N) is 2. The van der Waals surface area contributed by atoms with Crippen LogP contribution in [0.5, 0.6) is 0 Å². The van der Waals surface area contributed by atoms with Crippen molar-refractivity contribution >= 4 is 28.8 Å². The van der Waals surface area contributed by atoms with Gasteiger partial charge >= 0.3 is 0 Å². The van der Waals surface area contributed by atoms with Crippen LogP contribution in [0.2, 0.25) is 0 Å². The average molecular weight is 449 g/mol. The van der Waals surface area contributed by atoms with E-state index in [1.54, 1.807) is 12.2 Å². The molecule has 2 aromatic rings. The first-order chi connectivity index (χ1) is 16.0. The van der Waals surface area contributed by atoms with Crippen LogP contribution in [0.25, 0.3) is 11.0 Å². The number of fused-ring (bicyclic) bond motifs is 1. The van der Waals surface area contributed by atoms with Crippen LogP contribution in [0.1, 0.15) is 37.8 Å². The summed E-state index contributed by atoms with van der Waals surface area (Å²) in [6.07, 6.45) is 9.86. The Morgan fingerprint density at radius 1 is 1.30 bits per heavy atom. The molecule has 1 aromatic heterocycles. The summed E-state index contributed by atoms with van der Waals surface area (Å²) >= 11 is 0. The molecular formula is C25H32N6O2. The standard InChI is InChI=1S/C25H32N6O2/c1-17-13-19(15-27-14-17)24(33)29-25-28-21-9-5-7-18(2)23(21)31(25)20-8-3-4-12-30(16-20)22(32)10-6-11-26/h5-7,9-10,13-14,20,27H,3-4,8,11-12,15-16,26H2,1-2H3,(H,28,29,33)/b10-6+/t20-/m1/s1. The number of imidazole rings is 1. The molecule has 4 N–H and O–H groups in total. The number of rotatable bonds is 5. The molecule has 1 atom stereocenters. The first kappa shape index (κ1) is 22.8. The van der Waals surface area contributed by atoms with Crippen molar-refractivity contribution in [1.29, 1.82) is 0 Å². The number of anilines is 1. The van der Waals surface area contributed by atoms with E-state index >= 15 is 0 Å². The molecule has 8 nitrogen and oxygen atoms in total. The number of benzene rings is 1. The van der Waals surface area contributed by atoms with Crippen molar-refractivity contribution in [3.63, 3.8) is 0 Å². The van der Waals surface area contributed by atoms with Crippen LogP contribution in [-0.4, -0.2) is 52.4 Å². The van der Waals surface area contributed by atoms with Crippen molar-refractivity contribution in [2.75, 3.05) is 31.5 Å². The molecule has 1 aromatic carbocycles. The van der Waals surface area contributed by atoms with Gasteiger partial charge in [-0.2, -0.15) is 0 Å². The van der Waals surface area contributed by atoms with E-state index in [1.165, 1.54) is 0 Å². The van der Waals surface area contributed by atoms with Gasteiger partial charge in [0.1, 0.15) is 0 Å². The largest absolute Gasteiger partial charge is 0.386 e. The number of dihydropyridines is 1. The number of aromatic nitrogens is 2. The maximum Gasteiger partial charge on any atom is 0.255 e. The highest BCUT2D eigenvalue weighted by molar-refractivity contribution is 6.04. The molecule has 174 valence electrons. The topological polar surface area (TPSA) is 105 Å². The van der Waals surface area contributed by atoms with Gasteiger partial charge in [0, 0.05) is 37.8 Å². The first-order valence-electron chi connectivity index (χ1n) is 11.5. The van der Waals surface area contributed by atoms with Crippen LogP contribution >= 0.6 is 0 Å². The highest BCUT2D eigenvalue weighted by Crippen LogP contribution is 2.32. The first-order valence-corrected chi connectivity index (χ1v) is 11.5. The molecular weight excluding hydrogens is 416 g/mol. The van der Waals surface area contributed by atoms with Crippen LogP contribution in [0.4, 0.5) is 5.95 Å². The zero-order valence-corrected chi connectivity index (χ0v) is 19.3. The number of likely N-dealkylation sites (tertiary alicyclic amines) is 1.